The van der Waals surface area contributed by atoms with E-state index in [4.69, 9.17) is 14.2 Å². The molecule has 0 aliphatic carbocycles. The molecular weight excluding hydrogens is 476 g/mol. The summed E-state index contributed by atoms with van der Waals surface area (Å²) in [5.41, 5.74) is 3.80. The van der Waals surface area contributed by atoms with Gasteiger partial charge in [0.25, 0.3) is 0 Å². The van der Waals surface area contributed by atoms with Crippen LogP contribution in [-0.2, 0) is 20.7 Å². The lowest BCUT2D eigenvalue weighted by Gasteiger charge is -2.38. The number of benzene rings is 1. The van der Waals surface area contributed by atoms with Crippen LogP contribution in [0.15, 0.2) is 0 Å². The van der Waals surface area contributed by atoms with Crippen LogP contribution < -0.4 is 9.47 Å². The molecule has 3 atom stereocenters. The number of esters is 2. The average Bonchev–Trinajstić information content (AvgIpc) is 2.83. The van der Waals surface area contributed by atoms with E-state index in [0.717, 1.165) is 65.0 Å². The molecule has 38 heavy (non-hydrogen) atoms. The maximum Gasteiger partial charge on any atom is 0.349 e. The lowest BCUT2D eigenvalue weighted by molar-refractivity contribution is -0.152. The lowest BCUT2D eigenvalue weighted by Crippen LogP contribution is -2.37. The molecule has 1 aromatic rings. The van der Waals surface area contributed by atoms with Crippen LogP contribution in [0.5, 0.6) is 11.5 Å². The standard InChI is InChI=1S/C33H54O5/c1-22(2)13-10-14-23(3)15-11-16-24(4)17-12-19-33(9)20-18-29-27(7)31(25(5)26(6)32(29)38-33)37-30(35)21-36-28(8)34/h22-24H,10-21H2,1-9H3. The van der Waals surface area contributed by atoms with E-state index < -0.39 is 11.9 Å². The molecule has 1 heterocycles. The third-order valence-electron chi connectivity index (χ3n) is 8.45. The molecule has 216 valence electrons. The molecule has 0 saturated carbocycles. The van der Waals surface area contributed by atoms with Gasteiger partial charge in [-0.15, -0.1) is 0 Å². The SMILES string of the molecule is CC(=O)OCC(=O)Oc1c(C)c(C)c2c(c1C)CCC(C)(CCCC(C)CCCC(C)CCCC(C)C)O2. The molecule has 5 heteroatoms. The zero-order valence-corrected chi connectivity index (χ0v) is 25.8. The highest BCUT2D eigenvalue weighted by Crippen LogP contribution is 2.45. The number of ether oxygens (including phenoxy) is 3. The molecule has 1 aromatic carbocycles. The first-order chi connectivity index (χ1) is 17.8. The van der Waals surface area contributed by atoms with Gasteiger partial charge in [-0.05, 0) is 87.8 Å². The van der Waals surface area contributed by atoms with Crippen molar-refractivity contribution in [3.05, 3.63) is 22.3 Å². The monoisotopic (exact) mass is 530 g/mol. The zero-order chi connectivity index (χ0) is 28.5. The third-order valence-corrected chi connectivity index (χ3v) is 8.45. The van der Waals surface area contributed by atoms with E-state index in [0.29, 0.717) is 5.75 Å². The third kappa shape index (κ3) is 9.93. The quantitative estimate of drug-likeness (QED) is 0.168. The predicted octanol–water partition coefficient (Wildman–Crippen LogP) is 8.60. The first-order valence-corrected chi connectivity index (χ1v) is 15.0. The van der Waals surface area contributed by atoms with E-state index in [9.17, 15) is 9.59 Å². The second kappa shape index (κ2) is 14.9. The van der Waals surface area contributed by atoms with Crippen molar-refractivity contribution in [3.8, 4) is 11.5 Å². The molecule has 1 aliphatic rings. The number of rotatable bonds is 15. The topological polar surface area (TPSA) is 61.8 Å². The lowest BCUT2D eigenvalue weighted by atomic mass is 9.83. The van der Waals surface area contributed by atoms with Crippen LogP contribution in [0.3, 0.4) is 0 Å². The normalized spacial score (nSPS) is 18.5. The molecule has 2 rings (SSSR count). The fourth-order valence-electron chi connectivity index (χ4n) is 5.72. The van der Waals surface area contributed by atoms with Crippen molar-refractivity contribution in [2.45, 2.75) is 139 Å². The van der Waals surface area contributed by atoms with Crippen molar-refractivity contribution < 1.29 is 23.8 Å². The van der Waals surface area contributed by atoms with Crippen LogP contribution >= 0.6 is 0 Å². The summed E-state index contributed by atoms with van der Waals surface area (Å²) in [6.45, 7) is 18.6. The maximum atomic E-state index is 12.2. The van der Waals surface area contributed by atoms with Gasteiger partial charge in [-0.3, -0.25) is 4.79 Å². The Balaban J connectivity index is 1.87. The van der Waals surface area contributed by atoms with Gasteiger partial charge < -0.3 is 14.2 Å². The Morgan fingerprint density at radius 1 is 0.868 bits per heavy atom. The van der Waals surface area contributed by atoms with Gasteiger partial charge >= 0.3 is 11.9 Å². The van der Waals surface area contributed by atoms with Crippen molar-refractivity contribution in [2.75, 3.05) is 6.61 Å². The predicted molar refractivity (Wildman–Crippen MR) is 155 cm³/mol. The second-order valence-electron chi connectivity index (χ2n) is 12.7. The van der Waals surface area contributed by atoms with Crippen LogP contribution in [0.1, 0.15) is 128 Å². The molecular formula is C33H54O5. The number of fused-ring (bicyclic) bond motifs is 1. The molecule has 0 fully saturated rings. The Labute approximate surface area is 232 Å². The Bertz CT molecular complexity index is 934. The van der Waals surface area contributed by atoms with Crippen LogP contribution in [0, 0.1) is 38.5 Å². The van der Waals surface area contributed by atoms with Crippen molar-refractivity contribution in [1.82, 2.24) is 0 Å². The first-order valence-electron chi connectivity index (χ1n) is 15.0. The van der Waals surface area contributed by atoms with Gasteiger partial charge in [0.15, 0.2) is 6.61 Å². The Morgan fingerprint density at radius 3 is 2.03 bits per heavy atom. The fraction of sp³-hybridized carbons (Fsp3) is 0.758. The minimum absolute atomic E-state index is 0.172. The summed E-state index contributed by atoms with van der Waals surface area (Å²) in [6, 6.07) is 0. The highest BCUT2D eigenvalue weighted by atomic mass is 16.6. The van der Waals surface area contributed by atoms with Gasteiger partial charge in [0, 0.05) is 12.5 Å². The Morgan fingerprint density at radius 2 is 1.45 bits per heavy atom. The highest BCUT2D eigenvalue weighted by Gasteiger charge is 2.34. The molecule has 0 N–H and O–H groups in total. The largest absolute Gasteiger partial charge is 0.487 e. The smallest absolute Gasteiger partial charge is 0.349 e. The number of carbonyl (C=O) groups excluding carboxylic acids is 2. The fourth-order valence-corrected chi connectivity index (χ4v) is 5.72. The highest BCUT2D eigenvalue weighted by molar-refractivity contribution is 5.78. The first kappa shape index (κ1) is 32.2. The van der Waals surface area contributed by atoms with E-state index in [1.165, 1.54) is 58.3 Å². The van der Waals surface area contributed by atoms with Gasteiger partial charge in [-0.1, -0.05) is 72.6 Å². The van der Waals surface area contributed by atoms with Crippen LogP contribution in [0.25, 0.3) is 0 Å². The van der Waals surface area contributed by atoms with E-state index >= 15 is 0 Å². The molecule has 0 amide bonds. The van der Waals surface area contributed by atoms with Crippen molar-refractivity contribution >= 4 is 11.9 Å². The Hall–Kier alpha value is -2.04. The summed E-state index contributed by atoms with van der Waals surface area (Å²) in [6.07, 6.45) is 13.5. The van der Waals surface area contributed by atoms with Crippen molar-refractivity contribution in [3.63, 3.8) is 0 Å². The number of hydrogen-bond acceptors (Lipinski definition) is 5. The van der Waals surface area contributed by atoms with Crippen molar-refractivity contribution in [2.24, 2.45) is 17.8 Å². The zero-order valence-electron chi connectivity index (χ0n) is 25.8. The summed E-state index contributed by atoms with van der Waals surface area (Å²) in [7, 11) is 0. The summed E-state index contributed by atoms with van der Waals surface area (Å²) in [4.78, 5) is 23.2. The summed E-state index contributed by atoms with van der Waals surface area (Å²) in [5.74, 6) is 2.88. The van der Waals surface area contributed by atoms with Gasteiger partial charge in [0.2, 0.25) is 0 Å². The van der Waals surface area contributed by atoms with Crippen LogP contribution in [0.4, 0.5) is 0 Å². The van der Waals surface area contributed by atoms with E-state index in [2.05, 4.69) is 34.6 Å². The summed E-state index contributed by atoms with van der Waals surface area (Å²) < 4.78 is 17.1. The molecule has 3 unspecified atom stereocenters. The molecule has 0 saturated heterocycles. The minimum atomic E-state index is -0.568. The van der Waals surface area contributed by atoms with Gasteiger partial charge in [0.05, 0.1) is 0 Å². The van der Waals surface area contributed by atoms with Gasteiger partial charge in [0.1, 0.15) is 17.1 Å². The van der Waals surface area contributed by atoms with Crippen molar-refractivity contribution in [1.29, 1.82) is 0 Å². The number of carbonyl (C=O) groups is 2. The summed E-state index contributed by atoms with van der Waals surface area (Å²) >= 11 is 0. The van der Waals surface area contributed by atoms with Crippen LogP contribution in [-0.4, -0.2) is 24.1 Å². The van der Waals surface area contributed by atoms with E-state index in [1.54, 1.807) is 0 Å². The van der Waals surface area contributed by atoms with E-state index in [1.807, 2.05) is 20.8 Å². The molecule has 0 aromatic heterocycles. The van der Waals surface area contributed by atoms with Gasteiger partial charge in [-0.2, -0.15) is 0 Å². The molecule has 0 spiro atoms. The second-order valence-corrected chi connectivity index (χ2v) is 12.7. The molecule has 0 bridgehead atoms. The average molecular weight is 531 g/mol. The summed E-state index contributed by atoms with van der Waals surface area (Å²) in [5, 5.41) is 0. The maximum absolute atomic E-state index is 12.2. The molecule has 1 aliphatic heterocycles. The van der Waals surface area contributed by atoms with Gasteiger partial charge in [-0.25, -0.2) is 4.79 Å². The Kier molecular flexibility index (Phi) is 12.6. The molecule has 5 nitrogen and oxygen atoms in total. The number of hydrogen-bond donors (Lipinski definition) is 0. The van der Waals surface area contributed by atoms with Crippen LogP contribution in [0.2, 0.25) is 0 Å². The van der Waals surface area contributed by atoms with E-state index in [-0.39, 0.29) is 12.2 Å². The minimum Gasteiger partial charge on any atom is -0.487 e. The molecule has 0 radical (unpaired) electrons.